The Balaban J connectivity index is 2.03. The lowest BCUT2D eigenvalue weighted by molar-refractivity contribution is -0.122. The molecule has 1 aromatic heterocycles. The molecule has 8 nitrogen and oxygen atoms in total. The van der Waals surface area contributed by atoms with Crippen LogP contribution in [0, 0.1) is 0 Å². The first-order chi connectivity index (χ1) is 10.9. The number of sulfonamides is 1. The van der Waals surface area contributed by atoms with E-state index >= 15 is 0 Å². The van der Waals surface area contributed by atoms with E-state index in [1.54, 1.807) is 24.3 Å². The fourth-order valence-corrected chi connectivity index (χ4v) is 2.65. The lowest BCUT2D eigenvalue weighted by Crippen LogP contribution is -2.44. The number of methoxy groups -OCH3 is 1. The van der Waals surface area contributed by atoms with E-state index in [0.29, 0.717) is 0 Å². The molecule has 1 amide bonds. The zero-order chi connectivity index (χ0) is 16.9. The van der Waals surface area contributed by atoms with Crippen molar-refractivity contribution in [3.05, 3.63) is 59.0 Å². The summed E-state index contributed by atoms with van der Waals surface area (Å²) in [5.74, 6) is -0.606. The maximum Gasteiger partial charge on any atom is 0.293 e. The van der Waals surface area contributed by atoms with Gasteiger partial charge in [0, 0.05) is 6.20 Å². The van der Waals surface area contributed by atoms with Gasteiger partial charge in [-0.25, -0.2) is 8.42 Å². The summed E-state index contributed by atoms with van der Waals surface area (Å²) in [7, 11) is -2.52. The predicted molar refractivity (Wildman–Crippen MR) is 82.2 cm³/mol. The summed E-state index contributed by atoms with van der Waals surface area (Å²) >= 11 is 0. The van der Waals surface area contributed by atoms with Gasteiger partial charge >= 0.3 is 0 Å². The van der Waals surface area contributed by atoms with Gasteiger partial charge in [-0.2, -0.15) is 0 Å². The second kappa shape index (κ2) is 7.07. The zero-order valence-electron chi connectivity index (χ0n) is 12.2. The van der Waals surface area contributed by atoms with Gasteiger partial charge in [0.2, 0.25) is 0 Å². The minimum atomic E-state index is -3.86. The molecule has 0 radical (unpaired) electrons. The third-order valence-corrected chi connectivity index (χ3v) is 4.16. The van der Waals surface area contributed by atoms with Gasteiger partial charge in [0.05, 0.1) is 12.0 Å². The number of aromatic nitrogens is 1. The van der Waals surface area contributed by atoms with Crippen LogP contribution in [0.2, 0.25) is 0 Å². The summed E-state index contributed by atoms with van der Waals surface area (Å²) in [4.78, 5) is 25.7. The molecule has 0 fully saturated rings. The van der Waals surface area contributed by atoms with Gasteiger partial charge in [0.25, 0.3) is 21.5 Å². The van der Waals surface area contributed by atoms with Gasteiger partial charge in [0.1, 0.15) is 6.54 Å². The number of hydrazine groups is 1. The molecule has 1 heterocycles. The first kappa shape index (κ1) is 16.7. The average molecular weight is 337 g/mol. The van der Waals surface area contributed by atoms with Crippen LogP contribution in [-0.4, -0.2) is 26.0 Å². The number of nitrogens with zero attached hydrogens (tertiary/aromatic N) is 1. The van der Waals surface area contributed by atoms with Gasteiger partial charge < -0.3 is 9.30 Å². The molecule has 9 heteroatoms. The standard InChI is InChI=1S/C14H15N3O5S/c1-22-12-8-5-9-17(14(12)19)10-13(18)15-16-23(20,21)11-6-3-2-4-7-11/h2-9,16H,10H2,1H3,(H,15,18). The van der Waals surface area contributed by atoms with E-state index in [0.717, 1.165) is 4.57 Å². The van der Waals surface area contributed by atoms with Crippen LogP contribution in [-0.2, 0) is 21.4 Å². The lowest BCUT2D eigenvalue weighted by atomic mass is 10.4. The molecule has 0 aliphatic heterocycles. The van der Waals surface area contributed by atoms with Crippen LogP contribution >= 0.6 is 0 Å². The minimum absolute atomic E-state index is 0.0128. The number of benzene rings is 1. The van der Waals surface area contributed by atoms with Crippen molar-refractivity contribution < 1.29 is 17.9 Å². The van der Waals surface area contributed by atoms with Crippen molar-refractivity contribution in [2.45, 2.75) is 11.4 Å². The Kier molecular flexibility index (Phi) is 5.14. The Morgan fingerprint density at radius 3 is 2.52 bits per heavy atom. The molecule has 2 N–H and O–H groups in total. The number of pyridine rings is 1. The maximum atomic E-state index is 11.9. The highest BCUT2D eigenvalue weighted by Gasteiger charge is 2.15. The molecule has 0 saturated carbocycles. The molecular formula is C14H15N3O5S. The topological polar surface area (TPSA) is 106 Å². The molecule has 0 bridgehead atoms. The van der Waals surface area contributed by atoms with E-state index < -0.39 is 21.5 Å². The molecule has 0 unspecified atom stereocenters. The molecular weight excluding hydrogens is 322 g/mol. The molecule has 0 spiro atoms. The van der Waals surface area contributed by atoms with Gasteiger partial charge in [-0.05, 0) is 24.3 Å². The molecule has 122 valence electrons. The van der Waals surface area contributed by atoms with Crippen molar-refractivity contribution >= 4 is 15.9 Å². The molecule has 0 aliphatic carbocycles. The predicted octanol–water partition coefficient (Wildman–Crippen LogP) is -0.133. The van der Waals surface area contributed by atoms with Crippen molar-refractivity contribution in [2.75, 3.05) is 7.11 Å². The van der Waals surface area contributed by atoms with Gasteiger partial charge in [-0.15, -0.1) is 4.83 Å². The quantitative estimate of drug-likeness (QED) is 0.714. The lowest BCUT2D eigenvalue weighted by Gasteiger charge is -2.10. The summed E-state index contributed by atoms with van der Waals surface area (Å²) in [6.07, 6.45) is 1.40. The van der Waals surface area contributed by atoms with Crippen LogP contribution < -0.4 is 20.6 Å². The van der Waals surface area contributed by atoms with Crippen LogP contribution in [0.3, 0.4) is 0 Å². The van der Waals surface area contributed by atoms with Crippen molar-refractivity contribution in [1.82, 2.24) is 14.8 Å². The minimum Gasteiger partial charge on any atom is -0.491 e. The first-order valence-corrected chi connectivity index (χ1v) is 8.01. The number of hydrogen-bond donors (Lipinski definition) is 2. The number of nitrogens with one attached hydrogen (secondary N) is 2. The Hall–Kier alpha value is -2.65. The van der Waals surface area contributed by atoms with E-state index in [4.69, 9.17) is 4.74 Å². The van der Waals surface area contributed by atoms with Crippen molar-refractivity contribution in [3.8, 4) is 5.75 Å². The number of amides is 1. The number of carbonyl (C=O) groups is 1. The number of carbonyl (C=O) groups excluding carboxylic acids is 1. The summed E-state index contributed by atoms with van der Waals surface area (Å²) in [6.45, 7) is -0.354. The third-order valence-electron chi connectivity index (χ3n) is 2.90. The van der Waals surface area contributed by atoms with E-state index in [1.807, 2.05) is 4.83 Å². The van der Waals surface area contributed by atoms with Crippen LogP contribution in [0.5, 0.6) is 5.75 Å². The summed E-state index contributed by atoms with van der Waals surface area (Å²) in [6, 6.07) is 10.6. The van der Waals surface area contributed by atoms with E-state index in [-0.39, 0.29) is 17.2 Å². The fourth-order valence-electron chi connectivity index (χ4n) is 1.77. The largest absolute Gasteiger partial charge is 0.491 e. The molecule has 1 aromatic carbocycles. The van der Waals surface area contributed by atoms with Crippen LogP contribution in [0.25, 0.3) is 0 Å². The van der Waals surface area contributed by atoms with Gasteiger partial charge in [0.15, 0.2) is 5.75 Å². The second-order valence-corrected chi connectivity index (χ2v) is 6.16. The highest BCUT2D eigenvalue weighted by Crippen LogP contribution is 2.05. The zero-order valence-corrected chi connectivity index (χ0v) is 13.0. The van der Waals surface area contributed by atoms with Crippen LogP contribution in [0.1, 0.15) is 0 Å². The molecule has 23 heavy (non-hydrogen) atoms. The average Bonchev–Trinajstić information content (AvgIpc) is 2.56. The normalized spacial score (nSPS) is 11.0. The van der Waals surface area contributed by atoms with Crippen LogP contribution in [0.15, 0.2) is 58.4 Å². The third kappa shape index (κ3) is 4.18. The smallest absolute Gasteiger partial charge is 0.293 e. The number of hydrogen-bond acceptors (Lipinski definition) is 5. The summed E-state index contributed by atoms with van der Waals surface area (Å²) in [5, 5.41) is 0. The Morgan fingerprint density at radius 1 is 1.17 bits per heavy atom. The first-order valence-electron chi connectivity index (χ1n) is 6.53. The number of ether oxygens (including phenoxy) is 1. The molecule has 0 aliphatic rings. The Bertz CT molecular complexity index is 846. The maximum absolute atomic E-state index is 11.9. The SMILES string of the molecule is COc1cccn(CC(=O)NNS(=O)(=O)c2ccccc2)c1=O. The number of rotatable bonds is 6. The molecule has 0 saturated heterocycles. The van der Waals surface area contributed by atoms with Crippen LogP contribution in [0.4, 0.5) is 0 Å². The summed E-state index contributed by atoms with van der Waals surface area (Å²) in [5.41, 5.74) is 1.57. The monoisotopic (exact) mass is 337 g/mol. The van der Waals surface area contributed by atoms with Crippen molar-refractivity contribution in [3.63, 3.8) is 0 Å². The molecule has 0 atom stereocenters. The van der Waals surface area contributed by atoms with E-state index in [2.05, 4.69) is 5.43 Å². The highest BCUT2D eigenvalue weighted by atomic mass is 32.2. The van der Waals surface area contributed by atoms with Gasteiger partial charge in [-0.3, -0.25) is 15.0 Å². The second-order valence-electron chi connectivity index (χ2n) is 4.48. The molecule has 2 rings (SSSR count). The Morgan fingerprint density at radius 2 is 1.87 bits per heavy atom. The molecule has 2 aromatic rings. The Labute approximate surface area is 132 Å². The highest BCUT2D eigenvalue weighted by molar-refractivity contribution is 7.89. The van der Waals surface area contributed by atoms with Gasteiger partial charge in [-0.1, -0.05) is 18.2 Å². The fraction of sp³-hybridized carbons (Fsp3) is 0.143. The van der Waals surface area contributed by atoms with Crippen molar-refractivity contribution in [2.24, 2.45) is 0 Å². The summed E-state index contributed by atoms with van der Waals surface area (Å²) < 4.78 is 29.8. The van der Waals surface area contributed by atoms with E-state index in [9.17, 15) is 18.0 Å². The van der Waals surface area contributed by atoms with E-state index in [1.165, 1.54) is 31.5 Å². The van der Waals surface area contributed by atoms with Crippen molar-refractivity contribution in [1.29, 1.82) is 0 Å².